The molecule has 0 unspecified atom stereocenters. The highest BCUT2D eigenvalue weighted by Gasteiger charge is 2.54. The number of nitrogens with zero attached hydrogens (tertiary/aromatic N) is 1. The van der Waals surface area contributed by atoms with Crippen LogP contribution in [-0.4, -0.2) is 42.5 Å². The number of benzene rings is 2. The average Bonchev–Trinajstić information content (AvgIpc) is 2.76. The molecule has 1 saturated carbocycles. The fourth-order valence-corrected chi connectivity index (χ4v) is 5.10. The largest absolute Gasteiger partial charge is 0.383 e. The Labute approximate surface area is 176 Å². The van der Waals surface area contributed by atoms with Gasteiger partial charge < -0.3 is 15.0 Å². The summed E-state index contributed by atoms with van der Waals surface area (Å²) in [5, 5.41) is 2.97. The Morgan fingerprint density at radius 3 is 2.53 bits per heavy atom. The molecule has 1 heterocycles. The molecule has 0 saturated heterocycles. The summed E-state index contributed by atoms with van der Waals surface area (Å²) in [5.74, 6) is -1.04. The number of amides is 2. The molecule has 0 radical (unpaired) electrons. The number of carbonyl (C=O) groups excluding carboxylic acids is 2. The van der Waals surface area contributed by atoms with E-state index in [9.17, 15) is 14.0 Å². The first-order valence-corrected chi connectivity index (χ1v) is 10.5. The van der Waals surface area contributed by atoms with Crippen LogP contribution in [0.3, 0.4) is 0 Å². The molecular weight excluding hydrogens is 383 g/mol. The maximum atomic E-state index is 13.6. The van der Waals surface area contributed by atoms with Gasteiger partial charge in [-0.1, -0.05) is 37.5 Å². The number of hydrogen-bond acceptors (Lipinski definition) is 3. The van der Waals surface area contributed by atoms with E-state index in [1.165, 1.54) is 12.1 Å². The molecule has 2 aliphatic rings. The normalized spacial score (nSPS) is 20.1. The van der Waals surface area contributed by atoms with E-state index in [0.29, 0.717) is 24.4 Å². The summed E-state index contributed by atoms with van der Waals surface area (Å²) < 4.78 is 18.6. The van der Waals surface area contributed by atoms with Crippen LogP contribution in [-0.2, 0) is 9.53 Å². The highest BCUT2D eigenvalue weighted by molar-refractivity contribution is 6.05. The SMILES string of the molecule is COCCN1C(=O)c2ccccc2[C@@H](C(=O)Nc2ccc(F)cc2)C12CCCCC2. The highest BCUT2D eigenvalue weighted by Crippen LogP contribution is 2.49. The smallest absolute Gasteiger partial charge is 0.254 e. The number of rotatable bonds is 5. The molecule has 30 heavy (non-hydrogen) atoms. The van der Waals surface area contributed by atoms with Crippen molar-refractivity contribution < 1.29 is 18.7 Å². The third kappa shape index (κ3) is 3.60. The fourth-order valence-electron chi connectivity index (χ4n) is 5.10. The lowest BCUT2D eigenvalue weighted by molar-refractivity contribution is -0.122. The van der Waals surface area contributed by atoms with Crippen molar-refractivity contribution in [1.82, 2.24) is 4.90 Å². The molecule has 158 valence electrons. The van der Waals surface area contributed by atoms with Crippen molar-refractivity contribution in [3.8, 4) is 0 Å². The van der Waals surface area contributed by atoms with Gasteiger partial charge in [-0.05, 0) is 48.7 Å². The summed E-state index contributed by atoms with van der Waals surface area (Å²) in [7, 11) is 1.62. The van der Waals surface area contributed by atoms with Crippen molar-refractivity contribution in [1.29, 1.82) is 0 Å². The van der Waals surface area contributed by atoms with Gasteiger partial charge in [-0.15, -0.1) is 0 Å². The predicted molar refractivity (Wildman–Crippen MR) is 113 cm³/mol. The van der Waals surface area contributed by atoms with Crippen LogP contribution in [0.1, 0.15) is 53.9 Å². The maximum absolute atomic E-state index is 13.6. The molecule has 2 amide bonds. The van der Waals surface area contributed by atoms with Crippen LogP contribution >= 0.6 is 0 Å². The molecule has 1 aliphatic heterocycles. The van der Waals surface area contributed by atoms with E-state index < -0.39 is 11.5 Å². The van der Waals surface area contributed by atoms with Gasteiger partial charge in [0.15, 0.2) is 0 Å². The third-order valence-electron chi connectivity index (χ3n) is 6.43. The number of ether oxygens (including phenoxy) is 1. The summed E-state index contributed by atoms with van der Waals surface area (Å²) in [6, 6.07) is 13.2. The van der Waals surface area contributed by atoms with Crippen LogP contribution in [0.15, 0.2) is 48.5 Å². The van der Waals surface area contributed by atoms with E-state index in [1.807, 2.05) is 23.1 Å². The van der Waals surface area contributed by atoms with E-state index in [4.69, 9.17) is 4.74 Å². The molecule has 1 atom stereocenters. The van der Waals surface area contributed by atoms with E-state index >= 15 is 0 Å². The third-order valence-corrected chi connectivity index (χ3v) is 6.43. The van der Waals surface area contributed by atoms with Crippen LogP contribution in [0.4, 0.5) is 10.1 Å². The molecule has 4 rings (SSSR count). The lowest BCUT2D eigenvalue weighted by atomic mass is 9.65. The minimum atomic E-state index is -0.577. The number of fused-ring (bicyclic) bond motifs is 1. The number of hydrogen-bond donors (Lipinski definition) is 1. The molecule has 5 nitrogen and oxygen atoms in total. The summed E-state index contributed by atoms with van der Waals surface area (Å²) in [4.78, 5) is 29.0. The average molecular weight is 410 g/mol. The number of methoxy groups -OCH3 is 1. The van der Waals surface area contributed by atoms with Crippen molar-refractivity contribution in [2.75, 3.05) is 25.6 Å². The molecule has 1 spiro atoms. The summed E-state index contributed by atoms with van der Waals surface area (Å²) in [5.41, 5.74) is 1.32. The Hall–Kier alpha value is -2.73. The zero-order chi connectivity index (χ0) is 21.1. The molecular formula is C24H27FN2O3. The lowest BCUT2D eigenvalue weighted by Crippen LogP contribution is -2.62. The molecule has 2 aromatic carbocycles. The van der Waals surface area contributed by atoms with Crippen molar-refractivity contribution in [3.05, 3.63) is 65.5 Å². The first-order chi connectivity index (χ1) is 14.6. The Morgan fingerprint density at radius 2 is 1.83 bits per heavy atom. The molecule has 1 N–H and O–H groups in total. The summed E-state index contributed by atoms with van der Waals surface area (Å²) in [6.07, 6.45) is 4.59. The minimum absolute atomic E-state index is 0.0321. The predicted octanol–water partition coefficient (Wildman–Crippen LogP) is 4.35. The van der Waals surface area contributed by atoms with Crippen LogP contribution < -0.4 is 5.32 Å². The molecule has 6 heteroatoms. The number of anilines is 1. The summed E-state index contributed by atoms with van der Waals surface area (Å²) in [6.45, 7) is 0.867. The van der Waals surface area contributed by atoms with Crippen LogP contribution in [0, 0.1) is 5.82 Å². The van der Waals surface area contributed by atoms with Crippen molar-refractivity contribution in [2.24, 2.45) is 0 Å². The standard InChI is InChI=1S/C24H27FN2O3/c1-30-16-15-27-23(29)20-8-4-3-7-19(20)21(24(27)13-5-2-6-14-24)22(28)26-18-11-9-17(25)10-12-18/h3-4,7-12,21H,2,5-6,13-16H2,1H3,(H,26,28)/t21-/m0/s1. The monoisotopic (exact) mass is 410 g/mol. The quantitative estimate of drug-likeness (QED) is 0.797. The van der Waals surface area contributed by atoms with Gasteiger partial charge in [-0.2, -0.15) is 0 Å². The number of nitrogens with one attached hydrogen (secondary N) is 1. The number of carbonyl (C=O) groups is 2. The lowest BCUT2D eigenvalue weighted by Gasteiger charge is -2.53. The van der Waals surface area contributed by atoms with E-state index in [2.05, 4.69) is 5.32 Å². The van der Waals surface area contributed by atoms with E-state index in [-0.39, 0.29) is 17.6 Å². The second kappa shape index (κ2) is 8.56. The molecule has 1 fully saturated rings. The Bertz CT molecular complexity index is 922. The maximum Gasteiger partial charge on any atom is 0.254 e. The zero-order valence-corrected chi connectivity index (χ0v) is 17.2. The molecule has 2 aromatic rings. The Morgan fingerprint density at radius 1 is 1.13 bits per heavy atom. The first kappa shape index (κ1) is 20.5. The van der Waals surface area contributed by atoms with Gasteiger partial charge in [0, 0.05) is 24.9 Å². The second-order valence-electron chi connectivity index (χ2n) is 8.13. The number of halogens is 1. The van der Waals surface area contributed by atoms with Crippen molar-refractivity contribution in [2.45, 2.75) is 43.6 Å². The molecule has 0 aromatic heterocycles. The van der Waals surface area contributed by atoms with Gasteiger partial charge in [0.05, 0.1) is 18.1 Å². The van der Waals surface area contributed by atoms with Gasteiger partial charge in [-0.25, -0.2) is 4.39 Å². The van der Waals surface area contributed by atoms with Gasteiger partial charge in [0.1, 0.15) is 5.82 Å². The molecule has 0 bridgehead atoms. The van der Waals surface area contributed by atoms with Gasteiger partial charge in [0.25, 0.3) is 5.91 Å². The Kier molecular flexibility index (Phi) is 5.86. The van der Waals surface area contributed by atoms with Crippen molar-refractivity contribution >= 4 is 17.5 Å². The van der Waals surface area contributed by atoms with Crippen LogP contribution in [0.25, 0.3) is 0 Å². The zero-order valence-electron chi connectivity index (χ0n) is 17.2. The van der Waals surface area contributed by atoms with Gasteiger partial charge in [0.2, 0.25) is 5.91 Å². The summed E-state index contributed by atoms with van der Waals surface area (Å²) >= 11 is 0. The van der Waals surface area contributed by atoms with E-state index in [0.717, 1.165) is 37.7 Å². The first-order valence-electron chi connectivity index (χ1n) is 10.5. The van der Waals surface area contributed by atoms with Crippen molar-refractivity contribution in [3.63, 3.8) is 0 Å². The van der Waals surface area contributed by atoms with Crippen LogP contribution in [0.2, 0.25) is 0 Å². The van der Waals surface area contributed by atoms with E-state index in [1.54, 1.807) is 25.3 Å². The highest BCUT2D eigenvalue weighted by atomic mass is 19.1. The topological polar surface area (TPSA) is 58.6 Å². The van der Waals surface area contributed by atoms with Gasteiger partial charge >= 0.3 is 0 Å². The minimum Gasteiger partial charge on any atom is -0.383 e. The van der Waals surface area contributed by atoms with Crippen LogP contribution in [0.5, 0.6) is 0 Å². The Balaban J connectivity index is 1.79. The second-order valence-corrected chi connectivity index (χ2v) is 8.13. The molecule has 1 aliphatic carbocycles. The fraction of sp³-hybridized carbons (Fsp3) is 0.417. The van der Waals surface area contributed by atoms with Gasteiger partial charge in [-0.3, -0.25) is 9.59 Å².